The minimum atomic E-state index is -4.53. The van der Waals surface area contributed by atoms with Gasteiger partial charge in [-0.15, -0.1) is 0 Å². The number of carbonyl (C=O) groups is 2. The van der Waals surface area contributed by atoms with Gasteiger partial charge in [0, 0.05) is 18.6 Å². The number of alkyl halides is 3. The largest absolute Gasteiger partial charge is 0.416 e. The van der Waals surface area contributed by atoms with E-state index in [2.05, 4.69) is 5.32 Å². The summed E-state index contributed by atoms with van der Waals surface area (Å²) in [5.74, 6) is -1.51. The van der Waals surface area contributed by atoms with Crippen LogP contribution < -0.4 is 11.1 Å². The molecule has 0 bridgehead atoms. The topological polar surface area (TPSA) is 115 Å². The number of benzene rings is 2. The van der Waals surface area contributed by atoms with E-state index in [9.17, 15) is 32.9 Å². The van der Waals surface area contributed by atoms with Crippen molar-refractivity contribution in [2.24, 2.45) is 5.73 Å². The first-order valence-electron chi connectivity index (χ1n) is 8.04. The molecule has 2 amide bonds. The number of amides is 2. The van der Waals surface area contributed by atoms with Crippen molar-refractivity contribution in [3.8, 4) is 0 Å². The fourth-order valence-electron chi connectivity index (χ4n) is 2.50. The van der Waals surface area contributed by atoms with Gasteiger partial charge in [-0.1, -0.05) is 30.3 Å². The molecule has 7 nitrogen and oxygen atoms in total. The molecular formula is C18H16F3N3O4. The summed E-state index contributed by atoms with van der Waals surface area (Å²) in [5.41, 5.74) is 4.92. The molecule has 0 aliphatic heterocycles. The molecule has 0 fully saturated rings. The van der Waals surface area contributed by atoms with E-state index in [1.54, 1.807) is 0 Å². The second-order valence-corrected chi connectivity index (χ2v) is 6.03. The van der Waals surface area contributed by atoms with E-state index in [4.69, 9.17) is 5.73 Å². The highest BCUT2D eigenvalue weighted by Crippen LogP contribution is 2.29. The summed E-state index contributed by atoms with van der Waals surface area (Å²) in [7, 11) is 0. The lowest BCUT2D eigenvalue weighted by Gasteiger charge is -2.16. The van der Waals surface area contributed by atoms with Gasteiger partial charge < -0.3 is 11.1 Å². The number of nitrogens with one attached hydrogen (secondary N) is 1. The summed E-state index contributed by atoms with van der Waals surface area (Å²) in [6.07, 6.45) is -4.91. The summed E-state index contributed by atoms with van der Waals surface area (Å²) in [5, 5.41) is 13.0. The number of halogens is 3. The number of primary amides is 1. The average Bonchev–Trinajstić information content (AvgIpc) is 2.61. The molecule has 2 aromatic rings. The first-order chi connectivity index (χ1) is 13.1. The van der Waals surface area contributed by atoms with Gasteiger partial charge in [0.2, 0.25) is 11.8 Å². The van der Waals surface area contributed by atoms with Gasteiger partial charge in [-0.05, 0) is 17.2 Å². The second kappa shape index (κ2) is 8.51. The Bertz CT molecular complexity index is 882. The van der Waals surface area contributed by atoms with E-state index in [1.807, 2.05) is 0 Å². The fraction of sp³-hybridized carbons (Fsp3) is 0.222. The summed E-state index contributed by atoms with van der Waals surface area (Å²) in [6, 6.07) is 8.53. The van der Waals surface area contributed by atoms with E-state index in [0.717, 1.165) is 12.1 Å². The molecule has 1 atom stereocenters. The Morgan fingerprint density at radius 2 is 1.75 bits per heavy atom. The smallest absolute Gasteiger partial charge is 0.368 e. The maximum Gasteiger partial charge on any atom is 0.416 e. The van der Waals surface area contributed by atoms with Crippen molar-refractivity contribution in [3.63, 3.8) is 0 Å². The van der Waals surface area contributed by atoms with Gasteiger partial charge in [0.25, 0.3) is 5.69 Å². The van der Waals surface area contributed by atoms with E-state index in [0.29, 0.717) is 5.56 Å². The van der Waals surface area contributed by atoms with Crippen LogP contribution >= 0.6 is 0 Å². The standard InChI is InChI=1S/C18H16F3N3O4/c19-18(20,21)13-3-1-2-12(8-13)10-16(25)23-15(17(22)26)9-11-4-6-14(7-5-11)24(27)28/h1-8,15H,9-10H2,(H2,22,26)(H,23,25)/t15-/m0/s1. The zero-order chi connectivity index (χ0) is 20.9. The third-order valence-corrected chi connectivity index (χ3v) is 3.88. The van der Waals surface area contributed by atoms with E-state index in [1.165, 1.54) is 36.4 Å². The molecule has 2 aromatic carbocycles. The molecule has 0 aromatic heterocycles. The number of non-ortho nitro benzene ring substituents is 1. The Hall–Kier alpha value is -3.43. The van der Waals surface area contributed by atoms with Crippen molar-refractivity contribution in [1.29, 1.82) is 0 Å². The Labute approximate surface area is 157 Å². The maximum atomic E-state index is 12.7. The Morgan fingerprint density at radius 1 is 1.11 bits per heavy atom. The van der Waals surface area contributed by atoms with Gasteiger partial charge >= 0.3 is 6.18 Å². The molecule has 0 saturated carbocycles. The van der Waals surface area contributed by atoms with Crippen LogP contribution in [0.3, 0.4) is 0 Å². The molecule has 3 N–H and O–H groups in total. The molecule has 148 valence electrons. The van der Waals surface area contributed by atoms with Gasteiger partial charge in [0.1, 0.15) is 6.04 Å². The van der Waals surface area contributed by atoms with Crippen molar-refractivity contribution in [3.05, 3.63) is 75.3 Å². The molecule has 2 rings (SSSR count). The molecule has 0 saturated heterocycles. The van der Waals surface area contributed by atoms with Crippen LogP contribution in [-0.2, 0) is 28.6 Å². The lowest BCUT2D eigenvalue weighted by atomic mass is 10.0. The summed E-state index contributed by atoms with van der Waals surface area (Å²) in [6.45, 7) is 0. The van der Waals surface area contributed by atoms with Gasteiger partial charge in [-0.2, -0.15) is 13.2 Å². The van der Waals surface area contributed by atoms with Gasteiger partial charge in [0.05, 0.1) is 16.9 Å². The minimum Gasteiger partial charge on any atom is -0.368 e. The highest BCUT2D eigenvalue weighted by molar-refractivity contribution is 5.87. The number of nitro groups is 1. The summed E-state index contributed by atoms with van der Waals surface area (Å²) >= 11 is 0. The maximum absolute atomic E-state index is 12.7. The third kappa shape index (κ3) is 5.79. The molecule has 28 heavy (non-hydrogen) atoms. The van der Waals surface area contributed by atoms with Crippen molar-refractivity contribution in [2.75, 3.05) is 0 Å². The quantitative estimate of drug-likeness (QED) is 0.553. The van der Waals surface area contributed by atoms with E-state index < -0.39 is 34.5 Å². The van der Waals surface area contributed by atoms with E-state index in [-0.39, 0.29) is 24.1 Å². The average molecular weight is 395 g/mol. The number of nitrogens with two attached hydrogens (primary N) is 1. The molecular weight excluding hydrogens is 379 g/mol. The van der Waals surface area contributed by atoms with Gasteiger partial charge in [-0.25, -0.2) is 0 Å². The van der Waals surface area contributed by atoms with Gasteiger partial charge in [-0.3, -0.25) is 19.7 Å². The minimum absolute atomic E-state index is 0.0122. The number of rotatable bonds is 7. The second-order valence-electron chi connectivity index (χ2n) is 6.03. The van der Waals surface area contributed by atoms with Crippen LogP contribution in [0.5, 0.6) is 0 Å². The molecule has 0 aliphatic rings. The molecule has 0 spiro atoms. The highest BCUT2D eigenvalue weighted by Gasteiger charge is 2.30. The lowest BCUT2D eigenvalue weighted by molar-refractivity contribution is -0.384. The van der Waals surface area contributed by atoms with Crippen molar-refractivity contribution in [1.82, 2.24) is 5.32 Å². The zero-order valence-electron chi connectivity index (χ0n) is 14.4. The van der Waals surface area contributed by atoms with Crippen molar-refractivity contribution >= 4 is 17.5 Å². The number of nitrogens with zero attached hydrogens (tertiary/aromatic N) is 1. The highest BCUT2D eigenvalue weighted by atomic mass is 19.4. The number of hydrogen-bond acceptors (Lipinski definition) is 4. The van der Waals surface area contributed by atoms with Gasteiger partial charge in [0.15, 0.2) is 0 Å². The van der Waals surface area contributed by atoms with Crippen LogP contribution in [0.4, 0.5) is 18.9 Å². The summed E-state index contributed by atoms with van der Waals surface area (Å²) in [4.78, 5) is 33.8. The summed E-state index contributed by atoms with van der Waals surface area (Å²) < 4.78 is 38.2. The van der Waals surface area contributed by atoms with Crippen LogP contribution in [-0.4, -0.2) is 22.8 Å². The van der Waals surface area contributed by atoms with Crippen LogP contribution in [0.2, 0.25) is 0 Å². The van der Waals surface area contributed by atoms with Crippen LogP contribution in [0.1, 0.15) is 16.7 Å². The van der Waals surface area contributed by atoms with Crippen LogP contribution in [0, 0.1) is 10.1 Å². The Balaban J connectivity index is 2.04. The lowest BCUT2D eigenvalue weighted by Crippen LogP contribution is -2.46. The van der Waals surface area contributed by atoms with Crippen molar-refractivity contribution < 1.29 is 27.7 Å². The zero-order valence-corrected chi connectivity index (χ0v) is 14.4. The predicted octanol–water partition coefficient (Wildman–Crippen LogP) is 2.37. The van der Waals surface area contributed by atoms with E-state index >= 15 is 0 Å². The van der Waals surface area contributed by atoms with Crippen LogP contribution in [0.25, 0.3) is 0 Å². The molecule has 0 heterocycles. The SMILES string of the molecule is NC(=O)[C@H](Cc1ccc([N+](=O)[O-])cc1)NC(=O)Cc1cccc(C(F)(F)F)c1. The molecule has 0 radical (unpaired) electrons. The first kappa shape index (κ1) is 20.9. The first-order valence-corrected chi connectivity index (χ1v) is 8.04. The Morgan fingerprint density at radius 3 is 2.29 bits per heavy atom. The number of hydrogen-bond donors (Lipinski definition) is 2. The molecule has 0 aliphatic carbocycles. The molecule has 0 unspecified atom stereocenters. The Kier molecular flexibility index (Phi) is 6.34. The predicted molar refractivity (Wildman–Crippen MR) is 93.1 cm³/mol. The third-order valence-electron chi connectivity index (χ3n) is 3.88. The number of carbonyl (C=O) groups excluding carboxylic acids is 2. The monoisotopic (exact) mass is 395 g/mol. The van der Waals surface area contributed by atoms with Crippen molar-refractivity contribution in [2.45, 2.75) is 25.1 Å². The van der Waals surface area contributed by atoms with Crippen LogP contribution in [0.15, 0.2) is 48.5 Å². The number of nitro benzene ring substituents is 1. The fourth-order valence-corrected chi connectivity index (χ4v) is 2.50. The molecule has 10 heteroatoms. The normalized spacial score (nSPS) is 12.2.